The van der Waals surface area contributed by atoms with E-state index in [1.165, 1.54) is 11.1 Å². The summed E-state index contributed by atoms with van der Waals surface area (Å²) >= 11 is 0. The van der Waals surface area contributed by atoms with Crippen LogP contribution in [-0.2, 0) is 4.79 Å². The Kier molecular flexibility index (Phi) is 9.38. The highest BCUT2D eigenvalue weighted by atomic mass is 19.3. The summed E-state index contributed by atoms with van der Waals surface area (Å²) < 4.78 is 34.0. The number of carbonyl (C=O) groups is 2. The minimum Gasteiger partial charge on any atom is -0.494 e. The van der Waals surface area contributed by atoms with Crippen LogP contribution in [0.1, 0.15) is 50.9 Å². The number of ether oxygens (including phenoxy) is 1. The number of hydrogen-bond acceptors (Lipinski definition) is 6. The molecular formula is C29H41F2N5O3. The zero-order valence-electron chi connectivity index (χ0n) is 23.5. The quantitative estimate of drug-likeness (QED) is 0.460. The van der Waals surface area contributed by atoms with E-state index in [0.29, 0.717) is 34.9 Å². The van der Waals surface area contributed by atoms with Crippen molar-refractivity contribution in [3.8, 4) is 5.75 Å². The minimum absolute atomic E-state index is 0.101. The third kappa shape index (κ3) is 7.42. The van der Waals surface area contributed by atoms with Crippen molar-refractivity contribution in [2.45, 2.75) is 58.5 Å². The number of halogens is 2. The van der Waals surface area contributed by atoms with E-state index >= 15 is 0 Å². The van der Waals surface area contributed by atoms with Gasteiger partial charge in [0.1, 0.15) is 5.75 Å². The average Bonchev–Trinajstić information content (AvgIpc) is 3.25. The smallest absolute Gasteiger partial charge is 0.267 e. The normalized spacial score (nSPS) is 20.2. The van der Waals surface area contributed by atoms with Gasteiger partial charge in [0.15, 0.2) is 0 Å². The van der Waals surface area contributed by atoms with Crippen molar-refractivity contribution in [3.63, 3.8) is 0 Å². The van der Waals surface area contributed by atoms with Crippen molar-refractivity contribution in [1.82, 2.24) is 25.0 Å². The maximum atomic E-state index is 14.0. The van der Waals surface area contributed by atoms with E-state index in [-0.39, 0.29) is 18.9 Å². The van der Waals surface area contributed by atoms with Crippen LogP contribution in [0.5, 0.6) is 5.75 Å². The number of amides is 2. The first-order valence-electron chi connectivity index (χ1n) is 14.0. The summed E-state index contributed by atoms with van der Waals surface area (Å²) in [6.07, 6.45) is 2.08. The summed E-state index contributed by atoms with van der Waals surface area (Å²) in [5.74, 6) is -3.33. The highest BCUT2D eigenvalue weighted by Gasteiger charge is 2.47. The predicted octanol–water partition coefficient (Wildman–Crippen LogP) is 3.65. The lowest BCUT2D eigenvalue weighted by Gasteiger charge is -2.36. The van der Waals surface area contributed by atoms with Crippen molar-refractivity contribution < 1.29 is 23.1 Å². The number of nitrogens with zero attached hydrogens (tertiary/aromatic N) is 4. The predicted molar refractivity (Wildman–Crippen MR) is 147 cm³/mol. The second kappa shape index (κ2) is 12.6. The molecule has 3 heterocycles. The van der Waals surface area contributed by atoms with Crippen LogP contribution in [0.2, 0.25) is 0 Å². The zero-order valence-corrected chi connectivity index (χ0v) is 23.5. The fourth-order valence-electron chi connectivity index (χ4n) is 5.46. The van der Waals surface area contributed by atoms with Crippen LogP contribution in [0.3, 0.4) is 0 Å². The number of likely N-dealkylation sites (tertiary alicyclic amines) is 1. The number of nitrogens with one attached hydrogen (secondary N) is 1. The van der Waals surface area contributed by atoms with Gasteiger partial charge in [0, 0.05) is 62.8 Å². The number of alkyl halides is 2. The molecule has 10 heteroatoms. The lowest BCUT2D eigenvalue weighted by atomic mass is 10.0. The fourth-order valence-corrected chi connectivity index (χ4v) is 5.46. The number of piperazine rings is 1. The molecule has 4 rings (SSSR count). The molecule has 1 aromatic carbocycles. The molecule has 8 nitrogen and oxygen atoms in total. The van der Waals surface area contributed by atoms with Crippen LogP contribution >= 0.6 is 0 Å². The van der Waals surface area contributed by atoms with Gasteiger partial charge in [-0.2, -0.15) is 0 Å². The number of carbonyl (C=O) groups excluding carboxylic acids is 2. The Balaban J connectivity index is 1.31. The summed E-state index contributed by atoms with van der Waals surface area (Å²) in [7, 11) is 0. The van der Waals surface area contributed by atoms with Gasteiger partial charge in [0.25, 0.3) is 11.8 Å². The van der Waals surface area contributed by atoms with Crippen LogP contribution < -0.4 is 10.1 Å². The van der Waals surface area contributed by atoms with Gasteiger partial charge in [-0.3, -0.25) is 19.5 Å². The first kappa shape index (κ1) is 29.1. The van der Waals surface area contributed by atoms with E-state index in [1.807, 2.05) is 19.9 Å². The molecule has 2 amide bonds. The Hall–Kier alpha value is -2.85. The van der Waals surface area contributed by atoms with Crippen molar-refractivity contribution in [1.29, 1.82) is 0 Å². The summed E-state index contributed by atoms with van der Waals surface area (Å²) in [6.45, 7) is 13.0. The van der Waals surface area contributed by atoms with Crippen LogP contribution in [0, 0.1) is 5.92 Å². The molecule has 2 fully saturated rings. The van der Waals surface area contributed by atoms with Gasteiger partial charge in [0.2, 0.25) is 5.91 Å². The molecule has 1 aromatic heterocycles. The van der Waals surface area contributed by atoms with E-state index in [1.54, 1.807) is 18.2 Å². The molecule has 2 aromatic rings. The van der Waals surface area contributed by atoms with Gasteiger partial charge in [-0.15, -0.1) is 0 Å². The SMILES string of the molecule is CC(C)C1CC(F)(F)CN1C(=O)CNC(=O)c1ccnc2ccc(OCCCN3CCN(C(C)C)CC3)cc12. The minimum atomic E-state index is -2.91. The molecule has 0 aliphatic carbocycles. The second-order valence-electron chi connectivity index (χ2n) is 11.3. The number of hydrogen-bond donors (Lipinski definition) is 1. The third-order valence-electron chi connectivity index (χ3n) is 7.78. The van der Waals surface area contributed by atoms with Crippen LogP contribution in [0.15, 0.2) is 30.5 Å². The molecule has 2 aliphatic heterocycles. The summed E-state index contributed by atoms with van der Waals surface area (Å²) in [5, 5.41) is 3.23. The van der Waals surface area contributed by atoms with Crippen molar-refractivity contribution in [2.75, 3.05) is 52.4 Å². The van der Waals surface area contributed by atoms with E-state index in [2.05, 4.69) is 33.9 Å². The molecule has 2 aliphatic rings. The standard InChI is InChI=1S/C29H41F2N5O3/c1-20(2)26-17-29(30,31)19-36(26)27(37)18-33-28(38)23-8-9-32-25-7-6-22(16-24(23)25)39-15-5-10-34-11-13-35(14-12-34)21(3)4/h6-9,16,20-21,26H,5,10-15,17-19H2,1-4H3,(H,33,38). The lowest BCUT2D eigenvalue weighted by Crippen LogP contribution is -2.49. The largest absolute Gasteiger partial charge is 0.494 e. The summed E-state index contributed by atoms with van der Waals surface area (Å²) in [5.41, 5.74) is 0.983. The van der Waals surface area contributed by atoms with E-state index in [0.717, 1.165) is 39.1 Å². The molecule has 0 spiro atoms. The Morgan fingerprint density at radius 1 is 1.13 bits per heavy atom. The highest BCUT2D eigenvalue weighted by molar-refractivity contribution is 6.07. The van der Waals surface area contributed by atoms with Gasteiger partial charge in [-0.1, -0.05) is 13.8 Å². The summed E-state index contributed by atoms with van der Waals surface area (Å²) in [4.78, 5) is 36.3. The topological polar surface area (TPSA) is 78.0 Å². The monoisotopic (exact) mass is 545 g/mol. The highest BCUT2D eigenvalue weighted by Crippen LogP contribution is 2.35. The number of benzene rings is 1. The van der Waals surface area contributed by atoms with E-state index < -0.39 is 30.3 Å². The lowest BCUT2D eigenvalue weighted by molar-refractivity contribution is -0.132. The van der Waals surface area contributed by atoms with Crippen LogP contribution in [0.25, 0.3) is 10.9 Å². The molecule has 0 saturated carbocycles. The molecule has 2 saturated heterocycles. The Morgan fingerprint density at radius 2 is 1.87 bits per heavy atom. The van der Waals surface area contributed by atoms with Gasteiger partial charge >= 0.3 is 0 Å². The molecule has 1 atom stereocenters. The van der Waals surface area contributed by atoms with E-state index in [9.17, 15) is 18.4 Å². The maximum absolute atomic E-state index is 14.0. The van der Waals surface area contributed by atoms with E-state index in [4.69, 9.17) is 4.74 Å². The van der Waals surface area contributed by atoms with Gasteiger partial charge < -0.3 is 19.9 Å². The number of pyridine rings is 1. The maximum Gasteiger partial charge on any atom is 0.267 e. The van der Waals surface area contributed by atoms with Crippen molar-refractivity contribution in [3.05, 3.63) is 36.0 Å². The van der Waals surface area contributed by atoms with Crippen molar-refractivity contribution in [2.24, 2.45) is 5.92 Å². The first-order valence-corrected chi connectivity index (χ1v) is 14.0. The molecule has 0 bridgehead atoms. The molecule has 214 valence electrons. The summed E-state index contributed by atoms with van der Waals surface area (Å²) in [6, 6.07) is 7.05. The molecule has 39 heavy (non-hydrogen) atoms. The van der Waals surface area contributed by atoms with Gasteiger partial charge in [0.05, 0.1) is 30.8 Å². The fraction of sp³-hybridized carbons (Fsp3) is 0.621. The Labute approximate surface area is 229 Å². The molecular weight excluding hydrogens is 504 g/mol. The van der Waals surface area contributed by atoms with Gasteiger partial charge in [-0.05, 0) is 50.5 Å². The average molecular weight is 546 g/mol. The zero-order chi connectivity index (χ0) is 28.2. The molecule has 0 radical (unpaired) electrons. The number of aromatic nitrogens is 1. The van der Waals surface area contributed by atoms with Gasteiger partial charge in [-0.25, -0.2) is 8.78 Å². The number of rotatable bonds is 10. The first-order chi connectivity index (χ1) is 18.5. The second-order valence-corrected chi connectivity index (χ2v) is 11.3. The Bertz CT molecular complexity index is 1150. The Morgan fingerprint density at radius 3 is 2.56 bits per heavy atom. The molecule has 1 N–H and O–H groups in total. The van der Waals surface area contributed by atoms with Crippen molar-refractivity contribution >= 4 is 22.7 Å². The molecule has 1 unspecified atom stereocenters. The third-order valence-corrected chi connectivity index (χ3v) is 7.78. The number of fused-ring (bicyclic) bond motifs is 1. The van der Waals surface area contributed by atoms with Crippen LogP contribution in [-0.4, -0.2) is 102 Å². The van der Waals surface area contributed by atoms with Crippen LogP contribution in [0.4, 0.5) is 8.78 Å².